The summed E-state index contributed by atoms with van der Waals surface area (Å²) in [5, 5.41) is 0. The SMILES string of the molecule is CC1(C)[C@H]2CCC(C3(N)CCC3)[C@@H]1C2. The third kappa shape index (κ3) is 0.946. The molecule has 1 unspecified atom stereocenters. The van der Waals surface area contributed by atoms with Crippen molar-refractivity contribution in [1.29, 1.82) is 0 Å². The Balaban J connectivity index is 1.81. The van der Waals surface area contributed by atoms with Crippen LogP contribution in [0.15, 0.2) is 0 Å². The first kappa shape index (κ1) is 9.21. The second kappa shape index (κ2) is 2.55. The van der Waals surface area contributed by atoms with Crippen LogP contribution in [0, 0.1) is 23.2 Å². The van der Waals surface area contributed by atoms with Crippen molar-refractivity contribution in [3.05, 3.63) is 0 Å². The van der Waals surface area contributed by atoms with Crippen LogP contribution in [-0.4, -0.2) is 5.54 Å². The summed E-state index contributed by atoms with van der Waals surface area (Å²) < 4.78 is 0. The summed E-state index contributed by atoms with van der Waals surface area (Å²) in [6.07, 6.45) is 8.34. The van der Waals surface area contributed by atoms with Gasteiger partial charge in [0, 0.05) is 5.54 Å². The Bertz CT molecular complexity index is 250. The van der Waals surface area contributed by atoms with Crippen molar-refractivity contribution in [3.63, 3.8) is 0 Å². The van der Waals surface area contributed by atoms with E-state index in [9.17, 15) is 0 Å². The molecule has 0 spiro atoms. The molecule has 0 amide bonds. The lowest BCUT2D eigenvalue weighted by atomic mass is 9.41. The number of hydrogen-bond donors (Lipinski definition) is 1. The molecule has 0 aromatic rings. The van der Waals surface area contributed by atoms with Crippen LogP contribution in [0.3, 0.4) is 0 Å². The minimum atomic E-state index is 0.257. The van der Waals surface area contributed by atoms with Crippen LogP contribution >= 0.6 is 0 Å². The minimum Gasteiger partial charge on any atom is -0.325 e. The highest BCUT2D eigenvalue weighted by molar-refractivity contribution is 5.11. The zero-order valence-electron chi connectivity index (χ0n) is 9.55. The summed E-state index contributed by atoms with van der Waals surface area (Å²) in [6, 6.07) is 0. The molecule has 4 fully saturated rings. The van der Waals surface area contributed by atoms with Crippen molar-refractivity contribution < 1.29 is 0 Å². The van der Waals surface area contributed by atoms with E-state index in [4.69, 9.17) is 5.73 Å². The molecule has 14 heavy (non-hydrogen) atoms. The number of rotatable bonds is 1. The van der Waals surface area contributed by atoms with Gasteiger partial charge in [0.25, 0.3) is 0 Å². The molecule has 4 saturated carbocycles. The van der Waals surface area contributed by atoms with E-state index in [2.05, 4.69) is 13.8 Å². The number of hydrogen-bond acceptors (Lipinski definition) is 1. The third-order valence-corrected chi connectivity index (χ3v) is 5.88. The van der Waals surface area contributed by atoms with Crippen LogP contribution in [-0.2, 0) is 0 Å². The van der Waals surface area contributed by atoms with Gasteiger partial charge in [-0.3, -0.25) is 0 Å². The van der Waals surface area contributed by atoms with E-state index in [1.807, 2.05) is 0 Å². The van der Waals surface area contributed by atoms with Crippen LogP contribution < -0.4 is 5.73 Å². The molecule has 0 saturated heterocycles. The van der Waals surface area contributed by atoms with E-state index in [0.717, 1.165) is 17.8 Å². The summed E-state index contributed by atoms with van der Waals surface area (Å²) in [5.41, 5.74) is 7.39. The number of fused-ring (bicyclic) bond motifs is 2. The molecule has 2 bridgehead atoms. The van der Waals surface area contributed by atoms with Gasteiger partial charge in [0.1, 0.15) is 0 Å². The van der Waals surface area contributed by atoms with Crippen LogP contribution in [0.4, 0.5) is 0 Å². The Kier molecular flexibility index (Phi) is 1.68. The van der Waals surface area contributed by atoms with E-state index >= 15 is 0 Å². The molecule has 4 aliphatic rings. The number of nitrogens with two attached hydrogens (primary N) is 1. The summed E-state index contributed by atoms with van der Waals surface area (Å²) in [7, 11) is 0. The predicted octanol–water partition coefficient (Wildman–Crippen LogP) is 2.94. The lowest BCUT2D eigenvalue weighted by Crippen LogP contribution is -2.64. The van der Waals surface area contributed by atoms with E-state index in [0.29, 0.717) is 5.41 Å². The maximum absolute atomic E-state index is 6.51. The van der Waals surface area contributed by atoms with Crippen molar-refractivity contribution in [2.24, 2.45) is 28.9 Å². The van der Waals surface area contributed by atoms with Crippen molar-refractivity contribution in [2.75, 3.05) is 0 Å². The van der Waals surface area contributed by atoms with Crippen molar-refractivity contribution in [3.8, 4) is 0 Å². The highest BCUT2D eigenvalue weighted by Gasteiger charge is 2.59. The molecule has 4 rings (SSSR count). The quantitative estimate of drug-likeness (QED) is 0.681. The van der Waals surface area contributed by atoms with Gasteiger partial charge in [-0.1, -0.05) is 13.8 Å². The highest BCUT2D eigenvalue weighted by Crippen LogP contribution is 2.64. The van der Waals surface area contributed by atoms with Crippen LogP contribution in [0.5, 0.6) is 0 Å². The Morgan fingerprint density at radius 2 is 1.79 bits per heavy atom. The summed E-state index contributed by atoms with van der Waals surface area (Å²) in [4.78, 5) is 0. The average molecular weight is 193 g/mol. The minimum absolute atomic E-state index is 0.257. The molecule has 3 atom stereocenters. The maximum Gasteiger partial charge on any atom is 0.0185 e. The fourth-order valence-corrected chi connectivity index (χ4v) is 4.45. The molecule has 0 aromatic heterocycles. The summed E-state index contributed by atoms with van der Waals surface area (Å²) in [5.74, 6) is 2.83. The predicted molar refractivity (Wildman–Crippen MR) is 58.9 cm³/mol. The van der Waals surface area contributed by atoms with E-state index in [1.165, 1.54) is 38.5 Å². The molecule has 4 aliphatic carbocycles. The highest BCUT2D eigenvalue weighted by atomic mass is 14.8. The summed E-state index contributed by atoms with van der Waals surface area (Å²) in [6.45, 7) is 4.94. The first-order valence-corrected chi connectivity index (χ1v) is 6.33. The normalized spacial score (nSPS) is 47.8. The Hall–Kier alpha value is -0.0400. The molecule has 0 radical (unpaired) electrons. The molecule has 0 aromatic carbocycles. The lowest BCUT2D eigenvalue weighted by Gasteiger charge is -2.65. The Morgan fingerprint density at radius 1 is 1.07 bits per heavy atom. The topological polar surface area (TPSA) is 26.0 Å². The Morgan fingerprint density at radius 3 is 2.21 bits per heavy atom. The molecule has 1 nitrogen and oxygen atoms in total. The molecular weight excluding hydrogens is 170 g/mol. The van der Waals surface area contributed by atoms with Crippen molar-refractivity contribution in [2.45, 2.75) is 57.9 Å². The maximum atomic E-state index is 6.51. The smallest absolute Gasteiger partial charge is 0.0185 e. The zero-order chi connectivity index (χ0) is 9.97. The van der Waals surface area contributed by atoms with Gasteiger partial charge >= 0.3 is 0 Å². The van der Waals surface area contributed by atoms with E-state index in [-0.39, 0.29) is 5.54 Å². The van der Waals surface area contributed by atoms with E-state index in [1.54, 1.807) is 0 Å². The molecule has 0 aliphatic heterocycles. The molecule has 2 N–H and O–H groups in total. The largest absolute Gasteiger partial charge is 0.325 e. The van der Waals surface area contributed by atoms with Gasteiger partial charge in [-0.2, -0.15) is 0 Å². The van der Waals surface area contributed by atoms with Crippen LogP contribution in [0.2, 0.25) is 0 Å². The van der Waals surface area contributed by atoms with Crippen molar-refractivity contribution >= 4 is 0 Å². The first-order valence-electron chi connectivity index (χ1n) is 6.33. The van der Waals surface area contributed by atoms with Gasteiger partial charge in [-0.05, 0) is 61.7 Å². The van der Waals surface area contributed by atoms with Gasteiger partial charge in [0.15, 0.2) is 0 Å². The van der Waals surface area contributed by atoms with Gasteiger partial charge in [-0.25, -0.2) is 0 Å². The standard InChI is InChI=1S/C13H23N/c1-12(2)9-4-5-10(11(12)8-9)13(14)6-3-7-13/h9-11H,3-8,14H2,1-2H3/t9-,10?,11-/m0/s1. The lowest BCUT2D eigenvalue weighted by molar-refractivity contribution is -0.137. The second-order valence-electron chi connectivity index (χ2n) is 6.63. The average Bonchev–Trinajstić information content (AvgIpc) is 2.14. The molecular formula is C13H23N. The fraction of sp³-hybridized carbons (Fsp3) is 1.00. The van der Waals surface area contributed by atoms with Crippen LogP contribution in [0.1, 0.15) is 52.4 Å². The van der Waals surface area contributed by atoms with E-state index < -0.39 is 0 Å². The Labute approximate surface area is 87.4 Å². The molecule has 0 heterocycles. The van der Waals surface area contributed by atoms with Gasteiger partial charge in [0.05, 0.1) is 0 Å². The van der Waals surface area contributed by atoms with Crippen LogP contribution in [0.25, 0.3) is 0 Å². The fourth-order valence-electron chi connectivity index (χ4n) is 4.45. The first-order chi connectivity index (χ1) is 6.54. The van der Waals surface area contributed by atoms with Gasteiger partial charge in [0.2, 0.25) is 0 Å². The second-order valence-corrected chi connectivity index (χ2v) is 6.63. The van der Waals surface area contributed by atoms with Gasteiger partial charge < -0.3 is 5.73 Å². The molecule has 1 heteroatoms. The summed E-state index contributed by atoms with van der Waals surface area (Å²) >= 11 is 0. The third-order valence-electron chi connectivity index (χ3n) is 5.88. The van der Waals surface area contributed by atoms with Crippen molar-refractivity contribution in [1.82, 2.24) is 0 Å². The monoisotopic (exact) mass is 193 g/mol. The molecule has 80 valence electrons. The van der Waals surface area contributed by atoms with Gasteiger partial charge in [-0.15, -0.1) is 0 Å². The zero-order valence-corrected chi connectivity index (χ0v) is 9.55.